The number of rotatable bonds is 7. The fraction of sp³-hybridized carbons (Fsp3) is 0.579. The molecule has 2 aliphatic rings. The molecule has 0 amide bonds. The van der Waals surface area contributed by atoms with Gasteiger partial charge in [0, 0.05) is 19.0 Å². The summed E-state index contributed by atoms with van der Waals surface area (Å²) in [5, 5.41) is 2.22. The van der Waals surface area contributed by atoms with Gasteiger partial charge in [0.2, 0.25) is 0 Å². The molecule has 0 radical (unpaired) electrons. The summed E-state index contributed by atoms with van der Waals surface area (Å²) in [5.74, 6) is 0. The van der Waals surface area contributed by atoms with Gasteiger partial charge in [0.15, 0.2) is 0 Å². The van der Waals surface area contributed by atoms with Crippen molar-refractivity contribution in [3.05, 3.63) is 48.6 Å². The van der Waals surface area contributed by atoms with E-state index in [0.29, 0.717) is 18.8 Å². The van der Waals surface area contributed by atoms with Gasteiger partial charge < -0.3 is 4.74 Å². The fourth-order valence-electron chi connectivity index (χ4n) is 3.53. The van der Waals surface area contributed by atoms with E-state index in [1.807, 2.05) is 12.1 Å². The molecule has 0 aromatic heterocycles. The number of nitrogens with zero attached hydrogens (tertiary/aromatic N) is 1. The Morgan fingerprint density at radius 1 is 1.32 bits per heavy atom. The Hall–Kier alpha value is -1.16. The Morgan fingerprint density at radius 3 is 2.95 bits per heavy atom. The molecule has 0 bridgehead atoms. The number of hydrogen-bond acceptors (Lipinski definition) is 3. The molecule has 1 aromatic rings. The minimum atomic E-state index is 0.198. The molecule has 0 spiro atoms. The van der Waals surface area contributed by atoms with Crippen LogP contribution in [0.1, 0.15) is 44.1 Å². The lowest BCUT2D eigenvalue weighted by molar-refractivity contribution is -0.178. The standard InChI is InChI=1S/C19H27NO2/c1-2-8-18(21-15-16-9-4-3-5-10-16)14-19-13-17-11-6-7-12-20(17)22-19/h2-5,9-10,17-19H,1,6-8,11-15H2. The van der Waals surface area contributed by atoms with Crippen molar-refractivity contribution in [1.29, 1.82) is 0 Å². The maximum absolute atomic E-state index is 6.11. The number of hydrogen-bond donors (Lipinski definition) is 0. The van der Waals surface area contributed by atoms with Crippen LogP contribution >= 0.6 is 0 Å². The monoisotopic (exact) mass is 301 g/mol. The van der Waals surface area contributed by atoms with E-state index < -0.39 is 0 Å². The molecular weight excluding hydrogens is 274 g/mol. The average Bonchev–Trinajstić information content (AvgIpc) is 2.96. The van der Waals surface area contributed by atoms with Crippen LogP contribution in [0.4, 0.5) is 0 Å². The van der Waals surface area contributed by atoms with E-state index >= 15 is 0 Å². The van der Waals surface area contributed by atoms with Gasteiger partial charge in [-0.2, -0.15) is 5.06 Å². The zero-order valence-electron chi connectivity index (χ0n) is 13.3. The second-order valence-electron chi connectivity index (χ2n) is 6.43. The maximum Gasteiger partial charge on any atom is 0.0834 e. The highest BCUT2D eigenvalue weighted by Crippen LogP contribution is 2.31. The van der Waals surface area contributed by atoms with E-state index in [-0.39, 0.29) is 6.10 Å². The molecule has 2 fully saturated rings. The van der Waals surface area contributed by atoms with Crippen LogP contribution in [-0.4, -0.2) is 29.9 Å². The van der Waals surface area contributed by atoms with E-state index in [9.17, 15) is 0 Å². The van der Waals surface area contributed by atoms with Crippen molar-refractivity contribution in [2.24, 2.45) is 0 Å². The predicted molar refractivity (Wildman–Crippen MR) is 88.3 cm³/mol. The molecule has 2 saturated heterocycles. The third-order valence-corrected chi connectivity index (χ3v) is 4.68. The lowest BCUT2D eigenvalue weighted by Crippen LogP contribution is -2.33. The van der Waals surface area contributed by atoms with Crippen LogP contribution in [0, 0.1) is 0 Å². The van der Waals surface area contributed by atoms with Gasteiger partial charge in [0.05, 0.1) is 18.8 Å². The van der Waals surface area contributed by atoms with Gasteiger partial charge in [-0.1, -0.05) is 42.8 Å². The van der Waals surface area contributed by atoms with Crippen LogP contribution < -0.4 is 0 Å². The molecule has 0 N–H and O–H groups in total. The summed E-state index contributed by atoms with van der Waals surface area (Å²) < 4.78 is 6.11. The SMILES string of the molecule is C=CCC(CC1CC2CCCCN2O1)OCc1ccccc1. The van der Waals surface area contributed by atoms with Crippen molar-refractivity contribution in [2.75, 3.05) is 6.54 Å². The summed E-state index contributed by atoms with van der Waals surface area (Å²) >= 11 is 0. The predicted octanol–water partition coefficient (Wildman–Crippen LogP) is 4.10. The van der Waals surface area contributed by atoms with Gasteiger partial charge in [-0.25, -0.2) is 0 Å². The lowest BCUT2D eigenvalue weighted by atomic mass is 9.97. The van der Waals surface area contributed by atoms with E-state index in [0.717, 1.165) is 25.8 Å². The van der Waals surface area contributed by atoms with Gasteiger partial charge in [-0.15, -0.1) is 6.58 Å². The van der Waals surface area contributed by atoms with Gasteiger partial charge in [0.25, 0.3) is 0 Å². The molecule has 22 heavy (non-hydrogen) atoms. The van der Waals surface area contributed by atoms with Crippen LogP contribution in [0.25, 0.3) is 0 Å². The Bertz CT molecular complexity index is 448. The third kappa shape index (κ3) is 4.19. The molecular formula is C19H27NO2. The van der Waals surface area contributed by atoms with Crippen molar-refractivity contribution < 1.29 is 9.57 Å². The quantitative estimate of drug-likeness (QED) is 0.708. The number of hydroxylamine groups is 2. The third-order valence-electron chi connectivity index (χ3n) is 4.68. The minimum absolute atomic E-state index is 0.198. The molecule has 3 nitrogen and oxygen atoms in total. The van der Waals surface area contributed by atoms with Crippen LogP contribution in [0.15, 0.2) is 43.0 Å². The first-order valence-corrected chi connectivity index (χ1v) is 8.55. The molecule has 0 aliphatic carbocycles. The van der Waals surface area contributed by atoms with Crippen molar-refractivity contribution >= 4 is 0 Å². The number of piperidine rings is 1. The number of fused-ring (bicyclic) bond motifs is 1. The van der Waals surface area contributed by atoms with Gasteiger partial charge in [0.1, 0.15) is 0 Å². The molecule has 0 saturated carbocycles. The molecule has 2 aliphatic heterocycles. The molecule has 2 heterocycles. The summed E-state index contributed by atoms with van der Waals surface area (Å²) in [6, 6.07) is 11.0. The normalized spacial score (nSPS) is 26.5. The zero-order valence-corrected chi connectivity index (χ0v) is 13.3. The first-order valence-electron chi connectivity index (χ1n) is 8.55. The summed E-state index contributed by atoms with van der Waals surface area (Å²) in [4.78, 5) is 6.11. The van der Waals surface area contributed by atoms with E-state index in [1.165, 1.54) is 24.8 Å². The summed E-state index contributed by atoms with van der Waals surface area (Å²) in [5.41, 5.74) is 1.22. The topological polar surface area (TPSA) is 21.7 Å². The molecule has 120 valence electrons. The summed E-state index contributed by atoms with van der Waals surface area (Å²) in [6.45, 7) is 5.63. The van der Waals surface area contributed by atoms with Crippen molar-refractivity contribution in [2.45, 2.75) is 63.4 Å². The van der Waals surface area contributed by atoms with Crippen molar-refractivity contribution in [3.8, 4) is 0 Å². The first-order chi connectivity index (χ1) is 10.8. The minimum Gasteiger partial charge on any atom is -0.373 e. The van der Waals surface area contributed by atoms with E-state index in [4.69, 9.17) is 9.57 Å². The highest BCUT2D eigenvalue weighted by atomic mass is 16.7. The van der Waals surface area contributed by atoms with Crippen LogP contribution in [0.5, 0.6) is 0 Å². The number of ether oxygens (including phenoxy) is 1. The van der Waals surface area contributed by atoms with Gasteiger partial charge >= 0.3 is 0 Å². The molecule has 1 aromatic carbocycles. The second-order valence-corrected chi connectivity index (χ2v) is 6.43. The van der Waals surface area contributed by atoms with Crippen molar-refractivity contribution in [3.63, 3.8) is 0 Å². The Morgan fingerprint density at radius 2 is 2.18 bits per heavy atom. The van der Waals surface area contributed by atoms with Gasteiger partial charge in [-0.3, -0.25) is 4.84 Å². The second kappa shape index (κ2) is 7.91. The average molecular weight is 301 g/mol. The Kier molecular flexibility index (Phi) is 5.65. The van der Waals surface area contributed by atoms with Crippen LogP contribution in [0.3, 0.4) is 0 Å². The first kappa shape index (κ1) is 15.7. The number of benzene rings is 1. The smallest absolute Gasteiger partial charge is 0.0834 e. The molecule has 3 rings (SSSR count). The molecule has 3 heteroatoms. The largest absolute Gasteiger partial charge is 0.373 e. The van der Waals surface area contributed by atoms with Crippen LogP contribution in [0.2, 0.25) is 0 Å². The van der Waals surface area contributed by atoms with Crippen molar-refractivity contribution in [1.82, 2.24) is 5.06 Å². The van der Waals surface area contributed by atoms with E-state index in [1.54, 1.807) is 0 Å². The molecule has 3 atom stereocenters. The van der Waals surface area contributed by atoms with E-state index in [2.05, 4.69) is 35.9 Å². The Labute approximate surface area is 133 Å². The zero-order chi connectivity index (χ0) is 15.2. The van der Waals surface area contributed by atoms with Gasteiger partial charge in [-0.05, 0) is 31.2 Å². The Balaban J connectivity index is 1.50. The fourth-order valence-corrected chi connectivity index (χ4v) is 3.53. The lowest BCUT2D eigenvalue weighted by Gasteiger charge is -2.27. The van der Waals surface area contributed by atoms with Crippen LogP contribution in [-0.2, 0) is 16.2 Å². The maximum atomic E-state index is 6.11. The highest BCUT2D eigenvalue weighted by molar-refractivity contribution is 5.13. The highest BCUT2D eigenvalue weighted by Gasteiger charge is 2.35. The molecule has 3 unspecified atom stereocenters. The summed E-state index contributed by atoms with van der Waals surface area (Å²) in [6.07, 6.45) is 9.37. The summed E-state index contributed by atoms with van der Waals surface area (Å²) in [7, 11) is 0.